The van der Waals surface area contributed by atoms with Crippen molar-refractivity contribution in [2.45, 2.75) is 33.4 Å². The van der Waals surface area contributed by atoms with Gasteiger partial charge < -0.3 is 24.9 Å². The van der Waals surface area contributed by atoms with Crippen molar-refractivity contribution in [2.24, 2.45) is 0 Å². The second kappa shape index (κ2) is 14.7. The van der Waals surface area contributed by atoms with Gasteiger partial charge in [0.15, 0.2) is 0 Å². The number of alkyl carbamates (subject to hydrolysis) is 1. The number of aromatic amines is 2. The predicted octanol–water partition coefficient (Wildman–Crippen LogP) is 6.39. The Hall–Kier alpha value is -5.22. The summed E-state index contributed by atoms with van der Waals surface area (Å²) in [5.74, 6) is 1.41. The lowest BCUT2D eigenvalue weighted by Gasteiger charge is -2.21. The molecule has 0 unspecified atom stereocenters. The first kappa shape index (κ1) is 32.2. The van der Waals surface area contributed by atoms with Crippen molar-refractivity contribution in [1.29, 1.82) is 0 Å². The van der Waals surface area contributed by atoms with Crippen molar-refractivity contribution < 1.29 is 14.3 Å². The molecule has 2 aromatic heterocycles. The number of rotatable bonds is 13. The quantitative estimate of drug-likeness (QED) is 0.132. The fraction of sp³-hybridized carbons (Fsp3) is 0.278. The summed E-state index contributed by atoms with van der Waals surface area (Å²) in [5, 5.41) is 4.71. The van der Waals surface area contributed by atoms with Gasteiger partial charge in [-0.3, -0.25) is 9.69 Å². The number of hydrogen-bond donors (Lipinski definition) is 3. The molecule has 5 rings (SSSR count). The molecule has 10 nitrogen and oxygen atoms in total. The third-order valence-corrected chi connectivity index (χ3v) is 7.65. The summed E-state index contributed by atoms with van der Waals surface area (Å²) < 4.78 is 4.56. The monoisotopic (exact) mass is 619 g/mol. The number of hydrogen-bond acceptors (Lipinski definition) is 6. The molecule has 3 N–H and O–H groups in total. The van der Waals surface area contributed by atoms with Crippen LogP contribution >= 0.6 is 0 Å². The number of H-pyrrole nitrogens is 2. The Kier molecular flexibility index (Phi) is 10.3. The number of likely N-dealkylation sites (N-methyl/N-ethyl adjacent to an activating group) is 1. The van der Waals surface area contributed by atoms with Crippen LogP contribution in [0.15, 0.2) is 85.2 Å². The maximum absolute atomic E-state index is 12.7. The number of imidazole rings is 2. The lowest BCUT2D eigenvalue weighted by molar-refractivity contribution is -0.130. The van der Waals surface area contributed by atoms with E-state index >= 15 is 0 Å². The Morgan fingerprint density at radius 3 is 2.04 bits per heavy atom. The highest BCUT2D eigenvalue weighted by Gasteiger charge is 2.16. The maximum atomic E-state index is 12.7. The van der Waals surface area contributed by atoms with Crippen molar-refractivity contribution in [3.8, 4) is 33.6 Å². The highest BCUT2D eigenvalue weighted by Crippen LogP contribution is 2.29. The summed E-state index contributed by atoms with van der Waals surface area (Å²) in [6, 6.07) is 21.3. The zero-order chi connectivity index (χ0) is 32.6. The Labute approximate surface area is 269 Å². The van der Waals surface area contributed by atoms with Gasteiger partial charge in [-0.25, -0.2) is 14.8 Å². The molecule has 0 fully saturated rings. The van der Waals surface area contributed by atoms with E-state index in [1.54, 1.807) is 11.1 Å². The van der Waals surface area contributed by atoms with E-state index in [0.717, 1.165) is 75.3 Å². The number of amides is 2. The Bertz CT molecular complexity index is 1820. The first-order valence-electron chi connectivity index (χ1n) is 15.4. The largest absolute Gasteiger partial charge is 0.453 e. The molecule has 238 valence electrons. The molecule has 46 heavy (non-hydrogen) atoms. The normalized spacial score (nSPS) is 11.2. The van der Waals surface area contributed by atoms with E-state index in [4.69, 9.17) is 0 Å². The van der Waals surface area contributed by atoms with Gasteiger partial charge in [-0.1, -0.05) is 67.6 Å². The van der Waals surface area contributed by atoms with Crippen LogP contribution < -0.4 is 5.32 Å². The van der Waals surface area contributed by atoms with Gasteiger partial charge >= 0.3 is 6.09 Å². The Balaban J connectivity index is 1.25. The van der Waals surface area contributed by atoms with E-state index in [2.05, 4.69) is 109 Å². The van der Waals surface area contributed by atoms with Gasteiger partial charge in [0.1, 0.15) is 18.2 Å². The van der Waals surface area contributed by atoms with E-state index in [1.165, 1.54) is 7.11 Å². The lowest BCUT2D eigenvalue weighted by atomic mass is 9.98. The number of aromatic nitrogens is 4. The van der Waals surface area contributed by atoms with E-state index in [1.807, 2.05) is 20.0 Å². The summed E-state index contributed by atoms with van der Waals surface area (Å²) in [6.45, 7) is 10.3. The molecule has 0 bridgehead atoms. The molecule has 0 saturated heterocycles. The van der Waals surface area contributed by atoms with Crippen LogP contribution in [0.3, 0.4) is 0 Å². The Morgan fingerprint density at radius 1 is 0.848 bits per heavy atom. The molecule has 2 heterocycles. The van der Waals surface area contributed by atoms with Crippen molar-refractivity contribution in [2.75, 3.05) is 33.8 Å². The number of carbonyl (C=O) groups excluding carboxylic acids is 2. The molecule has 0 aliphatic heterocycles. The lowest BCUT2D eigenvalue weighted by Crippen LogP contribution is -2.40. The third-order valence-electron chi connectivity index (χ3n) is 7.65. The number of nitrogens with zero attached hydrogens (tertiary/aromatic N) is 4. The van der Waals surface area contributed by atoms with Crippen LogP contribution in [0.25, 0.3) is 44.4 Å². The molecule has 0 radical (unpaired) electrons. The fourth-order valence-corrected chi connectivity index (χ4v) is 5.46. The summed E-state index contributed by atoms with van der Waals surface area (Å²) >= 11 is 0. The summed E-state index contributed by atoms with van der Waals surface area (Å²) in [7, 11) is 3.33. The minimum atomic E-state index is -0.635. The van der Waals surface area contributed by atoms with Crippen molar-refractivity contribution in [1.82, 2.24) is 35.1 Å². The first-order chi connectivity index (χ1) is 22.2. The first-order valence-corrected chi connectivity index (χ1v) is 15.4. The number of fused-ring (bicyclic) bond motifs is 1. The van der Waals surface area contributed by atoms with E-state index in [9.17, 15) is 9.59 Å². The molecular weight excluding hydrogens is 578 g/mol. The van der Waals surface area contributed by atoms with Crippen LogP contribution in [0.1, 0.15) is 31.9 Å². The van der Waals surface area contributed by atoms with Gasteiger partial charge in [-0.05, 0) is 60.0 Å². The van der Waals surface area contributed by atoms with Gasteiger partial charge in [0.05, 0.1) is 44.0 Å². The maximum Gasteiger partial charge on any atom is 0.407 e. The second-order valence-corrected chi connectivity index (χ2v) is 11.6. The van der Waals surface area contributed by atoms with Gasteiger partial charge in [0, 0.05) is 18.7 Å². The van der Waals surface area contributed by atoms with Gasteiger partial charge in [-0.15, -0.1) is 0 Å². The second-order valence-electron chi connectivity index (χ2n) is 11.6. The van der Waals surface area contributed by atoms with Crippen LogP contribution in [0.5, 0.6) is 0 Å². The molecule has 0 atom stereocenters. The van der Waals surface area contributed by atoms with E-state index < -0.39 is 6.09 Å². The highest BCUT2D eigenvalue weighted by atomic mass is 16.5. The number of benzene rings is 3. The van der Waals surface area contributed by atoms with Gasteiger partial charge in [0.25, 0.3) is 0 Å². The minimum Gasteiger partial charge on any atom is -0.453 e. The molecule has 0 saturated carbocycles. The van der Waals surface area contributed by atoms with Crippen LogP contribution in [0, 0.1) is 0 Å². The molecular formula is C36H41N7O3. The van der Waals surface area contributed by atoms with Gasteiger partial charge in [-0.2, -0.15) is 0 Å². The number of methoxy groups -OCH3 is 1. The molecule has 0 aliphatic carbocycles. The Morgan fingerprint density at radius 2 is 1.41 bits per heavy atom. The molecule has 2 amide bonds. The van der Waals surface area contributed by atoms with Crippen LogP contribution in [-0.4, -0.2) is 75.5 Å². The number of ether oxygens (including phenoxy) is 1. The summed E-state index contributed by atoms with van der Waals surface area (Å²) in [5.41, 5.74) is 7.38. The molecule has 10 heteroatoms. The average Bonchev–Trinajstić information content (AvgIpc) is 3.72. The molecule has 0 aliphatic rings. The number of carbonyl (C=O) groups is 2. The zero-order valence-electron chi connectivity index (χ0n) is 26.9. The highest BCUT2D eigenvalue weighted by molar-refractivity contribution is 5.90. The van der Waals surface area contributed by atoms with E-state index in [0.29, 0.717) is 18.9 Å². The SMILES string of the molecule is C=C(C)CN(C)Cc1ncc(-c2ccc(-c3ccc4cc(-c5cnc(CN(CCC)C(=O)CNC(=O)OC)[nH]5)ccc4c3)cc2)[nH]1. The van der Waals surface area contributed by atoms with Crippen molar-refractivity contribution >= 4 is 22.8 Å². The average molecular weight is 620 g/mol. The van der Waals surface area contributed by atoms with Crippen LogP contribution in [0.2, 0.25) is 0 Å². The smallest absolute Gasteiger partial charge is 0.407 e. The minimum absolute atomic E-state index is 0.128. The fourth-order valence-electron chi connectivity index (χ4n) is 5.46. The van der Waals surface area contributed by atoms with Crippen molar-refractivity contribution in [3.63, 3.8) is 0 Å². The topological polar surface area (TPSA) is 119 Å². The molecule has 5 aromatic rings. The molecule has 0 spiro atoms. The summed E-state index contributed by atoms with van der Waals surface area (Å²) in [4.78, 5) is 43.8. The van der Waals surface area contributed by atoms with E-state index in [-0.39, 0.29) is 12.5 Å². The predicted molar refractivity (Wildman–Crippen MR) is 182 cm³/mol. The van der Waals surface area contributed by atoms with Gasteiger partial charge in [0.2, 0.25) is 5.91 Å². The summed E-state index contributed by atoms with van der Waals surface area (Å²) in [6.07, 6.45) is 3.83. The third kappa shape index (κ3) is 8.08. The number of nitrogens with one attached hydrogen (secondary N) is 3. The van der Waals surface area contributed by atoms with Crippen molar-refractivity contribution in [3.05, 3.63) is 96.9 Å². The van der Waals surface area contributed by atoms with Crippen LogP contribution in [-0.2, 0) is 22.6 Å². The zero-order valence-corrected chi connectivity index (χ0v) is 26.9. The molecule has 3 aromatic carbocycles. The van der Waals surface area contributed by atoms with Crippen LogP contribution in [0.4, 0.5) is 4.79 Å². The standard InChI is InChI=1S/C36H41N7O3/c1-6-15-43(35(44)20-39-36(45)46-5)23-34-38-19-32(41-34)30-14-13-28-16-27(11-12-29(28)17-30)25-7-9-26(10-8-25)31-18-37-33(40-31)22-42(4)21-24(2)3/h7-14,16-19H,2,6,15,20-23H2,1,3-5H3,(H,37,40)(H,38,41)(H,39,45).